The number of rotatable bonds is 2. The molecule has 0 saturated heterocycles. The maximum atomic E-state index is 6.09. The molecule has 0 saturated carbocycles. The van der Waals surface area contributed by atoms with Gasteiger partial charge < -0.3 is 4.74 Å². The van der Waals surface area contributed by atoms with Gasteiger partial charge in [0.05, 0.1) is 0 Å². The molecule has 0 bridgehead atoms. The Morgan fingerprint density at radius 2 is 1.65 bits per heavy atom. The first-order valence-electron chi connectivity index (χ1n) is 6.13. The Balaban J connectivity index is 2.07. The summed E-state index contributed by atoms with van der Waals surface area (Å²) in [7, 11) is 0. The zero-order chi connectivity index (χ0) is 12.4. The lowest BCUT2D eigenvalue weighted by molar-refractivity contribution is 0.134. The zero-order valence-corrected chi connectivity index (χ0v) is 12.3. The van der Waals surface area contributed by atoms with Crippen molar-refractivity contribution in [1.82, 2.24) is 0 Å². The second kappa shape index (κ2) is 5.26. The molecular formula is C15H19BrO. The van der Waals surface area contributed by atoms with Crippen LogP contribution in [0.2, 0.25) is 0 Å². The number of hydrogen-bond acceptors (Lipinski definition) is 1. The number of hydrogen-bond donors (Lipinski definition) is 0. The summed E-state index contributed by atoms with van der Waals surface area (Å²) in [5, 5.41) is 0. The predicted molar refractivity (Wildman–Crippen MR) is 75.3 cm³/mol. The van der Waals surface area contributed by atoms with Gasteiger partial charge in [0, 0.05) is 10.9 Å². The molecule has 1 aliphatic carbocycles. The van der Waals surface area contributed by atoms with E-state index in [0.717, 1.165) is 23.1 Å². The quantitative estimate of drug-likeness (QED) is 0.700. The Labute approximate surface area is 112 Å². The van der Waals surface area contributed by atoms with Gasteiger partial charge in [0.15, 0.2) is 0 Å². The summed E-state index contributed by atoms with van der Waals surface area (Å²) in [6, 6.07) is 8.10. The SMILES string of the molecule is CC1=C(C)C[C@H](C)[C@@H](Oc2ccc(Br)cc2)C1. The van der Waals surface area contributed by atoms with Crippen LogP contribution in [-0.4, -0.2) is 6.10 Å². The minimum atomic E-state index is 0.319. The lowest BCUT2D eigenvalue weighted by atomic mass is 9.84. The van der Waals surface area contributed by atoms with Crippen molar-refractivity contribution in [1.29, 1.82) is 0 Å². The number of halogens is 1. The van der Waals surface area contributed by atoms with Crippen LogP contribution in [0.5, 0.6) is 5.75 Å². The molecule has 2 heteroatoms. The van der Waals surface area contributed by atoms with Crippen LogP contribution in [0.25, 0.3) is 0 Å². The molecule has 0 fully saturated rings. The minimum Gasteiger partial charge on any atom is -0.490 e. The predicted octanol–water partition coefficient (Wildman–Crippen LogP) is 4.96. The van der Waals surface area contributed by atoms with E-state index in [2.05, 4.69) is 36.7 Å². The Bertz CT molecular complexity index is 419. The second-order valence-corrected chi connectivity index (χ2v) is 5.97. The average molecular weight is 295 g/mol. The average Bonchev–Trinajstić information content (AvgIpc) is 2.29. The van der Waals surface area contributed by atoms with Crippen molar-refractivity contribution in [3.05, 3.63) is 39.9 Å². The molecule has 0 aliphatic heterocycles. The van der Waals surface area contributed by atoms with Crippen LogP contribution in [0, 0.1) is 5.92 Å². The van der Waals surface area contributed by atoms with Gasteiger partial charge in [-0.2, -0.15) is 0 Å². The molecule has 0 amide bonds. The van der Waals surface area contributed by atoms with E-state index in [1.807, 2.05) is 24.3 Å². The van der Waals surface area contributed by atoms with Crippen LogP contribution >= 0.6 is 15.9 Å². The van der Waals surface area contributed by atoms with Crippen LogP contribution in [0.3, 0.4) is 0 Å². The molecule has 0 aromatic heterocycles. The van der Waals surface area contributed by atoms with E-state index in [1.165, 1.54) is 11.1 Å². The molecule has 1 nitrogen and oxygen atoms in total. The van der Waals surface area contributed by atoms with Crippen molar-refractivity contribution in [3.8, 4) is 5.75 Å². The Kier molecular flexibility index (Phi) is 3.93. The Morgan fingerprint density at radius 1 is 1.06 bits per heavy atom. The van der Waals surface area contributed by atoms with Crippen LogP contribution in [0.1, 0.15) is 33.6 Å². The molecule has 0 N–H and O–H groups in total. The Hall–Kier alpha value is -0.760. The lowest BCUT2D eigenvalue weighted by Gasteiger charge is -2.31. The van der Waals surface area contributed by atoms with E-state index in [1.54, 1.807) is 0 Å². The van der Waals surface area contributed by atoms with Crippen LogP contribution in [0.4, 0.5) is 0 Å². The van der Waals surface area contributed by atoms with E-state index in [9.17, 15) is 0 Å². The summed E-state index contributed by atoms with van der Waals surface area (Å²) < 4.78 is 7.18. The molecule has 2 atom stereocenters. The highest BCUT2D eigenvalue weighted by Gasteiger charge is 2.25. The maximum Gasteiger partial charge on any atom is 0.119 e. The number of benzene rings is 1. The third-order valence-corrected chi connectivity index (χ3v) is 4.13. The summed E-state index contributed by atoms with van der Waals surface area (Å²) >= 11 is 3.44. The van der Waals surface area contributed by atoms with Crippen molar-refractivity contribution >= 4 is 15.9 Å². The fourth-order valence-corrected chi connectivity index (χ4v) is 2.58. The van der Waals surface area contributed by atoms with Crippen molar-refractivity contribution < 1.29 is 4.74 Å². The van der Waals surface area contributed by atoms with Crippen LogP contribution < -0.4 is 4.74 Å². The van der Waals surface area contributed by atoms with Crippen molar-refractivity contribution in [2.75, 3.05) is 0 Å². The summed E-state index contributed by atoms with van der Waals surface area (Å²) in [5.41, 5.74) is 3.03. The topological polar surface area (TPSA) is 9.23 Å². The summed E-state index contributed by atoms with van der Waals surface area (Å²) in [5.74, 6) is 1.57. The van der Waals surface area contributed by atoms with Gasteiger partial charge in [0.2, 0.25) is 0 Å². The van der Waals surface area contributed by atoms with Crippen molar-refractivity contribution in [2.45, 2.75) is 39.7 Å². The van der Waals surface area contributed by atoms with Crippen LogP contribution in [-0.2, 0) is 0 Å². The molecule has 1 aliphatic rings. The standard InChI is InChI=1S/C15H19BrO/c1-10-8-12(3)15(9-11(10)2)17-14-6-4-13(16)5-7-14/h4-7,12,15H,8-9H2,1-3H3/t12-,15-/m0/s1. The third-order valence-electron chi connectivity index (χ3n) is 3.60. The van der Waals surface area contributed by atoms with Gasteiger partial charge in [-0.25, -0.2) is 0 Å². The first-order valence-corrected chi connectivity index (χ1v) is 6.93. The molecule has 92 valence electrons. The van der Waals surface area contributed by atoms with Gasteiger partial charge in [-0.05, 0) is 50.5 Å². The highest BCUT2D eigenvalue weighted by atomic mass is 79.9. The fraction of sp³-hybridized carbons (Fsp3) is 0.467. The van der Waals surface area contributed by atoms with Gasteiger partial charge in [-0.15, -0.1) is 0 Å². The van der Waals surface area contributed by atoms with E-state index in [4.69, 9.17) is 4.74 Å². The molecular weight excluding hydrogens is 276 g/mol. The lowest BCUT2D eigenvalue weighted by Crippen LogP contribution is -2.29. The summed E-state index contributed by atoms with van der Waals surface area (Å²) in [6.45, 7) is 6.74. The van der Waals surface area contributed by atoms with E-state index in [0.29, 0.717) is 12.0 Å². The maximum absolute atomic E-state index is 6.09. The highest BCUT2D eigenvalue weighted by Crippen LogP contribution is 2.32. The van der Waals surface area contributed by atoms with Crippen molar-refractivity contribution in [3.63, 3.8) is 0 Å². The van der Waals surface area contributed by atoms with Gasteiger partial charge in [-0.1, -0.05) is 34.0 Å². The second-order valence-electron chi connectivity index (χ2n) is 5.06. The Morgan fingerprint density at radius 3 is 2.29 bits per heavy atom. The van der Waals surface area contributed by atoms with Crippen molar-refractivity contribution in [2.24, 2.45) is 5.92 Å². The molecule has 17 heavy (non-hydrogen) atoms. The largest absolute Gasteiger partial charge is 0.490 e. The highest BCUT2D eigenvalue weighted by molar-refractivity contribution is 9.10. The van der Waals surface area contributed by atoms with E-state index in [-0.39, 0.29) is 0 Å². The smallest absolute Gasteiger partial charge is 0.119 e. The molecule has 0 radical (unpaired) electrons. The zero-order valence-electron chi connectivity index (χ0n) is 10.7. The van der Waals surface area contributed by atoms with Gasteiger partial charge in [-0.3, -0.25) is 0 Å². The van der Waals surface area contributed by atoms with Gasteiger partial charge in [0.25, 0.3) is 0 Å². The first-order chi connectivity index (χ1) is 8.06. The first kappa shape index (κ1) is 12.7. The van der Waals surface area contributed by atoms with Gasteiger partial charge in [0.1, 0.15) is 11.9 Å². The summed E-state index contributed by atoms with van der Waals surface area (Å²) in [4.78, 5) is 0. The molecule has 0 unspecified atom stereocenters. The van der Waals surface area contributed by atoms with Crippen LogP contribution in [0.15, 0.2) is 39.9 Å². The van der Waals surface area contributed by atoms with E-state index >= 15 is 0 Å². The molecule has 1 aromatic rings. The fourth-order valence-electron chi connectivity index (χ4n) is 2.31. The third kappa shape index (κ3) is 3.12. The van der Waals surface area contributed by atoms with E-state index < -0.39 is 0 Å². The molecule has 0 heterocycles. The number of allylic oxidation sites excluding steroid dienone is 1. The molecule has 1 aromatic carbocycles. The normalized spacial score (nSPS) is 24.9. The number of ether oxygens (including phenoxy) is 1. The molecule has 2 rings (SSSR count). The summed E-state index contributed by atoms with van der Waals surface area (Å²) in [6.07, 6.45) is 2.54. The molecule has 0 spiro atoms. The minimum absolute atomic E-state index is 0.319. The monoisotopic (exact) mass is 294 g/mol. The van der Waals surface area contributed by atoms with Gasteiger partial charge >= 0.3 is 0 Å².